The zero-order valence-corrected chi connectivity index (χ0v) is 15.6. The molecule has 134 valence electrons. The lowest BCUT2D eigenvalue weighted by Crippen LogP contribution is -2.21. The average Bonchev–Trinajstić information content (AvgIpc) is 2.67. The first-order valence-electron chi connectivity index (χ1n) is 8.65. The lowest BCUT2D eigenvalue weighted by atomic mass is 9.97. The predicted octanol–water partition coefficient (Wildman–Crippen LogP) is 5.42. The van der Waals surface area contributed by atoms with Gasteiger partial charge in [0.05, 0.1) is 5.02 Å². The summed E-state index contributed by atoms with van der Waals surface area (Å²) in [5.74, 6) is 0.701. The molecule has 0 saturated carbocycles. The van der Waals surface area contributed by atoms with Crippen molar-refractivity contribution < 1.29 is 9.53 Å². The molecule has 1 aromatic heterocycles. The van der Waals surface area contributed by atoms with Gasteiger partial charge in [0, 0.05) is 17.3 Å². The van der Waals surface area contributed by atoms with Gasteiger partial charge in [0.1, 0.15) is 11.3 Å². The van der Waals surface area contributed by atoms with Crippen LogP contribution in [0.4, 0.5) is 5.69 Å². The van der Waals surface area contributed by atoms with Crippen LogP contribution in [0.15, 0.2) is 54.7 Å². The van der Waals surface area contributed by atoms with Crippen molar-refractivity contribution >= 4 is 34.1 Å². The monoisotopic (exact) mass is 368 g/mol. The standard InChI is InChI=1S/C21H21ClN2O2/c1-3-14(2)15-7-4-5-9-18(15)24-20(25)13-26-19-11-10-17(22)16-8-6-12-23-21(16)19/h4-12,14H,3,13H2,1-2H3,(H,24,25)/t14-/m1/s1. The van der Waals surface area contributed by atoms with Crippen molar-refractivity contribution in [2.45, 2.75) is 26.2 Å². The molecule has 1 amide bonds. The molecule has 0 radical (unpaired) electrons. The summed E-state index contributed by atoms with van der Waals surface area (Å²) < 4.78 is 5.70. The normalized spacial score (nSPS) is 12.0. The molecule has 0 aliphatic rings. The van der Waals surface area contributed by atoms with E-state index < -0.39 is 0 Å². The maximum absolute atomic E-state index is 12.4. The number of fused-ring (bicyclic) bond motifs is 1. The maximum atomic E-state index is 12.4. The van der Waals surface area contributed by atoms with Crippen LogP contribution in [0.2, 0.25) is 5.02 Å². The molecule has 0 saturated heterocycles. The highest BCUT2D eigenvalue weighted by atomic mass is 35.5. The van der Waals surface area contributed by atoms with Gasteiger partial charge in [-0.3, -0.25) is 9.78 Å². The summed E-state index contributed by atoms with van der Waals surface area (Å²) in [4.78, 5) is 16.7. The van der Waals surface area contributed by atoms with Crippen molar-refractivity contribution in [2.24, 2.45) is 0 Å². The number of benzene rings is 2. The second-order valence-corrected chi connectivity index (χ2v) is 6.59. The van der Waals surface area contributed by atoms with Crippen LogP contribution in [0.5, 0.6) is 5.75 Å². The number of hydrogen-bond acceptors (Lipinski definition) is 3. The van der Waals surface area contributed by atoms with E-state index in [1.54, 1.807) is 18.3 Å². The third kappa shape index (κ3) is 3.97. The summed E-state index contributed by atoms with van der Waals surface area (Å²) in [6.07, 6.45) is 2.68. The van der Waals surface area contributed by atoms with Crippen molar-refractivity contribution in [3.05, 3.63) is 65.3 Å². The minimum absolute atomic E-state index is 0.0951. The Balaban J connectivity index is 1.72. The van der Waals surface area contributed by atoms with Gasteiger partial charge in [-0.25, -0.2) is 0 Å². The van der Waals surface area contributed by atoms with Crippen LogP contribution in [0.25, 0.3) is 10.9 Å². The summed E-state index contributed by atoms with van der Waals surface area (Å²) in [7, 11) is 0. The molecule has 3 aromatic rings. The molecule has 1 atom stereocenters. The Hall–Kier alpha value is -2.59. The largest absolute Gasteiger partial charge is 0.481 e. The first kappa shape index (κ1) is 18.2. The number of anilines is 1. The van der Waals surface area contributed by atoms with E-state index in [9.17, 15) is 4.79 Å². The third-order valence-corrected chi connectivity index (χ3v) is 4.75. The number of rotatable bonds is 6. The molecule has 3 rings (SSSR count). The van der Waals surface area contributed by atoms with Gasteiger partial charge in [0.25, 0.3) is 5.91 Å². The number of pyridine rings is 1. The zero-order chi connectivity index (χ0) is 18.5. The number of nitrogens with zero attached hydrogens (tertiary/aromatic N) is 1. The summed E-state index contributed by atoms with van der Waals surface area (Å²) >= 11 is 6.18. The van der Waals surface area contributed by atoms with Crippen LogP contribution in [0, 0.1) is 0 Å². The fourth-order valence-electron chi connectivity index (χ4n) is 2.82. The summed E-state index contributed by atoms with van der Waals surface area (Å²) in [6.45, 7) is 4.18. The Kier molecular flexibility index (Phi) is 5.74. The first-order chi connectivity index (χ1) is 12.6. The molecule has 0 fully saturated rings. The van der Waals surface area contributed by atoms with E-state index in [4.69, 9.17) is 16.3 Å². The fourth-order valence-corrected chi connectivity index (χ4v) is 3.03. The Morgan fingerprint density at radius 1 is 1.19 bits per heavy atom. The number of nitrogens with one attached hydrogen (secondary N) is 1. The predicted molar refractivity (Wildman–Crippen MR) is 106 cm³/mol. The SMILES string of the molecule is CC[C@@H](C)c1ccccc1NC(=O)COc1ccc(Cl)c2cccnc12. The molecule has 2 aromatic carbocycles. The fraction of sp³-hybridized carbons (Fsp3) is 0.238. The van der Waals surface area contributed by atoms with Gasteiger partial charge in [-0.15, -0.1) is 0 Å². The number of halogens is 1. The zero-order valence-electron chi connectivity index (χ0n) is 14.8. The summed E-state index contributed by atoms with van der Waals surface area (Å²) in [5, 5.41) is 4.35. The molecule has 0 aliphatic carbocycles. The number of hydrogen-bond donors (Lipinski definition) is 1. The van der Waals surface area contributed by atoms with Crippen LogP contribution >= 0.6 is 11.6 Å². The molecule has 4 nitrogen and oxygen atoms in total. The third-order valence-electron chi connectivity index (χ3n) is 4.42. The van der Waals surface area contributed by atoms with E-state index in [-0.39, 0.29) is 12.5 Å². The molecule has 0 aliphatic heterocycles. The number of carbonyl (C=O) groups is 1. The highest BCUT2D eigenvalue weighted by Crippen LogP contribution is 2.30. The van der Waals surface area contributed by atoms with Gasteiger partial charge in [-0.1, -0.05) is 43.6 Å². The van der Waals surface area contributed by atoms with Gasteiger partial charge >= 0.3 is 0 Å². The topological polar surface area (TPSA) is 51.2 Å². The van der Waals surface area contributed by atoms with Crippen molar-refractivity contribution in [2.75, 3.05) is 11.9 Å². The van der Waals surface area contributed by atoms with Crippen molar-refractivity contribution in [3.8, 4) is 5.75 Å². The van der Waals surface area contributed by atoms with E-state index in [1.807, 2.05) is 36.4 Å². The Morgan fingerprint density at radius 3 is 2.81 bits per heavy atom. The van der Waals surface area contributed by atoms with Crippen LogP contribution in [0.1, 0.15) is 31.7 Å². The minimum Gasteiger partial charge on any atom is -0.481 e. The molecular weight excluding hydrogens is 348 g/mol. The molecule has 5 heteroatoms. The van der Waals surface area contributed by atoms with Gasteiger partial charge in [0.15, 0.2) is 6.61 Å². The summed E-state index contributed by atoms with van der Waals surface area (Å²) in [5.41, 5.74) is 2.60. The second-order valence-electron chi connectivity index (χ2n) is 6.18. The van der Waals surface area contributed by atoms with Gasteiger partial charge in [-0.2, -0.15) is 0 Å². The van der Waals surface area contributed by atoms with Crippen LogP contribution in [-0.4, -0.2) is 17.5 Å². The second kappa shape index (κ2) is 8.19. The Bertz CT molecular complexity index is 927. The number of ether oxygens (including phenoxy) is 1. The van der Waals surface area contributed by atoms with Crippen LogP contribution in [-0.2, 0) is 4.79 Å². The van der Waals surface area contributed by atoms with E-state index >= 15 is 0 Å². The van der Waals surface area contributed by atoms with Crippen LogP contribution in [0.3, 0.4) is 0 Å². The Labute approximate surface area is 158 Å². The number of carbonyl (C=O) groups excluding carboxylic acids is 1. The van der Waals surface area contributed by atoms with Crippen LogP contribution < -0.4 is 10.1 Å². The molecule has 0 unspecified atom stereocenters. The minimum atomic E-state index is -0.209. The molecule has 0 spiro atoms. The first-order valence-corrected chi connectivity index (χ1v) is 9.02. The quantitative estimate of drug-likeness (QED) is 0.632. The van der Waals surface area contributed by atoms with Crippen molar-refractivity contribution in [1.29, 1.82) is 0 Å². The number of aromatic nitrogens is 1. The molecule has 26 heavy (non-hydrogen) atoms. The molecule has 1 N–H and O–H groups in total. The van der Waals surface area contributed by atoms with Gasteiger partial charge in [-0.05, 0) is 48.2 Å². The number of para-hydroxylation sites is 1. The molecule has 0 bridgehead atoms. The van der Waals surface area contributed by atoms with Crippen molar-refractivity contribution in [1.82, 2.24) is 4.98 Å². The van der Waals surface area contributed by atoms with E-state index in [0.29, 0.717) is 22.2 Å². The van der Waals surface area contributed by atoms with Crippen molar-refractivity contribution in [3.63, 3.8) is 0 Å². The lowest BCUT2D eigenvalue weighted by molar-refractivity contribution is -0.118. The average molecular weight is 369 g/mol. The maximum Gasteiger partial charge on any atom is 0.262 e. The van der Waals surface area contributed by atoms with Gasteiger partial charge in [0.2, 0.25) is 0 Å². The highest BCUT2D eigenvalue weighted by Gasteiger charge is 2.13. The van der Waals surface area contributed by atoms with E-state index in [0.717, 1.165) is 23.1 Å². The Morgan fingerprint density at radius 2 is 2.00 bits per heavy atom. The molecular formula is C21H21ClN2O2. The molecule has 1 heterocycles. The highest BCUT2D eigenvalue weighted by molar-refractivity contribution is 6.35. The van der Waals surface area contributed by atoms with E-state index in [1.165, 1.54) is 0 Å². The van der Waals surface area contributed by atoms with Gasteiger partial charge < -0.3 is 10.1 Å². The summed E-state index contributed by atoms with van der Waals surface area (Å²) in [6, 6.07) is 15.0. The van der Waals surface area contributed by atoms with E-state index in [2.05, 4.69) is 24.1 Å². The number of amides is 1. The smallest absolute Gasteiger partial charge is 0.262 e. The lowest BCUT2D eigenvalue weighted by Gasteiger charge is -2.16.